The highest BCUT2D eigenvalue weighted by atomic mass is 19.3. The summed E-state index contributed by atoms with van der Waals surface area (Å²) < 4.78 is 31.9. The Morgan fingerprint density at radius 3 is 2.92 bits per heavy atom. The van der Waals surface area contributed by atoms with Crippen molar-refractivity contribution in [1.29, 1.82) is 0 Å². The molecule has 0 amide bonds. The van der Waals surface area contributed by atoms with Crippen LogP contribution in [0.1, 0.15) is 36.7 Å². The number of hydrogen-bond donors (Lipinski definition) is 1. The fourth-order valence-corrected chi connectivity index (χ4v) is 3.46. The lowest BCUT2D eigenvalue weighted by Gasteiger charge is -2.32. The number of carbonyl (C=O) groups excluding carboxylic acids is 1. The van der Waals surface area contributed by atoms with E-state index in [0.29, 0.717) is 35.8 Å². The van der Waals surface area contributed by atoms with Crippen LogP contribution in [-0.2, 0) is 4.79 Å². The van der Waals surface area contributed by atoms with Gasteiger partial charge in [0.15, 0.2) is 5.78 Å². The second-order valence-corrected chi connectivity index (χ2v) is 6.04. The predicted molar refractivity (Wildman–Crippen MR) is 85.5 cm³/mol. The van der Waals surface area contributed by atoms with Gasteiger partial charge in [0.25, 0.3) is 0 Å². The standard InChI is InChI=1S/C17H16F2N4O2/c1-9-20-17-21-11-6-4-7-12(24)14(11)15(23(17)22-9)10-5-2-3-8-13(10)25-16(18)19/h2-3,5,8,15-16H,4,6-7H2,1H3,(H,20,21,22). The van der Waals surface area contributed by atoms with E-state index in [-0.39, 0.29) is 11.5 Å². The van der Waals surface area contributed by atoms with Gasteiger partial charge < -0.3 is 10.1 Å². The number of anilines is 1. The molecule has 2 aromatic rings. The summed E-state index contributed by atoms with van der Waals surface area (Å²) in [6, 6.07) is 5.87. The number of ether oxygens (including phenoxy) is 1. The van der Waals surface area contributed by atoms with Crippen molar-refractivity contribution in [2.75, 3.05) is 5.32 Å². The third-order valence-electron chi connectivity index (χ3n) is 4.40. The molecule has 130 valence electrons. The maximum atomic E-state index is 12.8. The lowest BCUT2D eigenvalue weighted by molar-refractivity contribution is -0.116. The first kappa shape index (κ1) is 15.7. The monoisotopic (exact) mass is 346 g/mol. The highest BCUT2D eigenvalue weighted by Gasteiger charge is 2.38. The first-order valence-electron chi connectivity index (χ1n) is 8.04. The Hall–Kier alpha value is -2.77. The highest BCUT2D eigenvalue weighted by Crippen LogP contribution is 2.42. The summed E-state index contributed by atoms with van der Waals surface area (Å²) in [5.41, 5.74) is 1.81. The summed E-state index contributed by atoms with van der Waals surface area (Å²) in [7, 11) is 0. The molecule has 4 rings (SSSR count). The Morgan fingerprint density at radius 2 is 2.12 bits per heavy atom. The summed E-state index contributed by atoms with van der Waals surface area (Å²) in [5.74, 6) is 1.06. The van der Waals surface area contributed by atoms with Crippen LogP contribution < -0.4 is 10.1 Å². The van der Waals surface area contributed by atoms with Gasteiger partial charge in [-0.15, -0.1) is 0 Å². The molecular formula is C17H16F2N4O2. The van der Waals surface area contributed by atoms with Gasteiger partial charge in [-0.25, -0.2) is 4.68 Å². The molecule has 25 heavy (non-hydrogen) atoms. The third kappa shape index (κ3) is 2.67. The van der Waals surface area contributed by atoms with Crippen molar-refractivity contribution in [2.45, 2.75) is 38.8 Å². The van der Waals surface area contributed by atoms with Crippen LogP contribution in [-0.4, -0.2) is 27.2 Å². The van der Waals surface area contributed by atoms with Crippen molar-refractivity contribution < 1.29 is 18.3 Å². The average molecular weight is 346 g/mol. The first-order chi connectivity index (χ1) is 12.0. The van der Waals surface area contributed by atoms with Crippen molar-refractivity contribution in [1.82, 2.24) is 14.8 Å². The molecule has 0 spiro atoms. The third-order valence-corrected chi connectivity index (χ3v) is 4.40. The van der Waals surface area contributed by atoms with E-state index >= 15 is 0 Å². The number of para-hydroxylation sites is 1. The normalized spacial score (nSPS) is 19.5. The molecule has 6 nitrogen and oxygen atoms in total. The minimum atomic E-state index is -2.95. The zero-order valence-electron chi connectivity index (χ0n) is 13.5. The Balaban J connectivity index is 1.91. The number of Topliss-reactive ketones (excluding diaryl/α,β-unsaturated/α-hetero) is 1. The largest absolute Gasteiger partial charge is 0.434 e. The van der Waals surface area contributed by atoms with Gasteiger partial charge in [-0.2, -0.15) is 18.9 Å². The summed E-state index contributed by atoms with van der Waals surface area (Å²) in [5, 5.41) is 7.54. The van der Waals surface area contributed by atoms with Gasteiger partial charge in [0.1, 0.15) is 17.6 Å². The molecular weight excluding hydrogens is 330 g/mol. The lowest BCUT2D eigenvalue weighted by atomic mass is 9.85. The topological polar surface area (TPSA) is 69.0 Å². The number of alkyl halides is 2. The van der Waals surface area contributed by atoms with E-state index in [4.69, 9.17) is 0 Å². The number of carbonyl (C=O) groups is 1. The summed E-state index contributed by atoms with van der Waals surface area (Å²) >= 11 is 0. The van der Waals surface area contributed by atoms with E-state index < -0.39 is 12.7 Å². The molecule has 1 aromatic heterocycles. The van der Waals surface area contributed by atoms with Crippen LogP contribution in [0.3, 0.4) is 0 Å². The zero-order valence-corrected chi connectivity index (χ0v) is 13.5. The number of aromatic nitrogens is 3. The van der Waals surface area contributed by atoms with Gasteiger partial charge in [0.2, 0.25) is 5.95 Å². The maximum Gasteiger partial charge on any atom is 0.387 e. The molecule has 0 radical (unpaired) electrons. The fourth-order valence-electron chi connectivity index (χ4n) is 3.46. The van der Waals surface area contributed by atoms with Crippen LogP contribution in [0.5, 0.6) is 5.75 Å². The van der Waals surface area contributed by atoms with Crippen molar-refractivity contribution >= 4 is 11.7 Å². The van der Waals surface area contributed by atoms with Gasteiger partial charge in [-0.3, -0.25) is 4.79 Å². The van der Waals surface area contributed by atoms with Crippen molar-refractivity contribution in [3.05, 3.63) is 46.9 Å². The van der Waals surface area contributed by atoms with Crippen LogP contribution >= 0.6 is 0 Å². The highest BCUT2D eigenvalue weighted by molar-refractivity contribution is 5.99. The number of nitrogens with one attached hydrogen (secondary N) is 1. The number of fused-ring (bicyclic) bond motifs is 1. The number of aryl methyl sites for hydroxylation is 1. The van der Waals surface area contributed by atoms with Crippen LogP contribution in [0.4, 0.5) is 14.7 Å². The van der Waals surface area contributed by atoms with Crippen LogP contribution in [0.2, 0.25) is 0 Å². The Labute approximate surface area is 142 Å². The summed E-state index contributed by atoms with van der Waals surface area (Å²) in [6.07, 6.45) is 1.89. The molecule has 0 fully saturated rings. The number of benzene rings is 1. The molecule has 1 unspecified atom stereocenters. The molecule has 1 atom stereocenters. The molecule has 2 heterocycles. The average Bonchev–Trinajstić information content (AvgIpc) is 2.93. The van der Waals surface area contributed by atoms with Crippen molar-refractivity contribution in [3.63, 3.8) is 0 Å². The number of halogens is 2. The molecule has 1 aliphatic heterocycles. The van der Waals surface area contributed by atoms with Crippen molar-refractivity contribution in [3.8, 4) is 5.75 Å². The van der Waals surface area contributed by atoms with E-state index in [1.807, 2.05) is 0 Å². The van der Waals surface area contributed by atoms with E-state index in [2.05, 4.69) is 20.1 Å². The molecule has 0 bridgehead atoms. The molecule has 0 saturated carbocycles. The second-order valence-electron chi connectivity index (χ2n) is 6.04. The van der Waals surface area contributed by atoms with E-state index in [1.165, 1.54) is 6.07 Å². The van der Waals surface area contributed by atoms with Gasteiger partial charge in [0.05, 0.1) is 0 Å². The first-order valence-corrected chi connectivity index (χ1v) is 8.04. The van der Waals surface area contributed by atoms with Crippen LogP contribution in [0, 0.1) is 6.92 Å². The predicted octanol–water partition coefficient (Wildman–Crippen LogP) is 3.21. The van der Waals surface area contributed by atoms with Gasteiger partial charge in [0, 0.05) is 23.3 Å². The Morgan fingerprint density at radius 1 is 1.32 bits per heavy atom. The number of rotatable bonds is 3. The number of allylic oxidation sites excluding steroid dienone is 2. The lowest BCUT2D eigenvalue weighted by Crippen LogP contribution is -2.32. The van der Waals surface area contributed by atoms with Gasteiger partial charge >= 0.3 is 6.61 Å². The molecule has 2 aliphatic rings. The number of hydrogen-bond acceptors (Lipinski definition) is 5. The number of ketones is 1. The quantitative estimate of drug-likeness (QED) is 0.924. The zero-order chi connectivity index (χ0) is 17.6. The van der Waals surface area contributed by atoms with E-state index in [0.717, 1.165) is 12.1 Å². The van der Waals surface area contributed by atoms with Crippen LogP contribution in [0.15, 0.2) is 35.5 Å². The minimum Gasteiger partial charge on any atom is -0.434 e. The SMILES string of the molecule is Cc1nc2n(n1)C(c1ccccc1OC(F)F)C1=C(CCCC1=O)N2. The fraction of sp³-hybridized carbons (Fsp3) is 0.353. The molecule has 1 aromatic carbocycles. The smallest absolute Gasteiger partial charge is 0.387 e. The Bertz CT molecular complexity index is 875. The van der Waals surface area contributed by atoms with E-state index in [1.54, 1.807) is 29.8 Å². The molecule has 8 heteroatoms. The molecule has 1 aliphatic carbocycles. The molecule has 1 N–H and O–H groups in total. The van der Waals surface area contributed by atoms with Crippen LogP contribution in [0.25, 0.3) is 0 Å². The van der Waals surface area contributed by atoms with Gasteiger partial charge in [-0.1, -0.05) is 18.2 Å². The minimum absolute atomic E-state index is 0.00981. The second kappa shape index (κ2) is 5.94. The van der Waals surface area contributed by atoms with E-state index in [9.17, 15) is 13.6 Å². The maximum absolute atomic E-state index is 12.8. The van der Waals surface area contributed by atoms with Crippen molar-refractivity contribution in [2.24, 2.45) is 0 Å². The molecule has 0 saturated heterocycles. The summed E-state index contributed by atoms with van der Waals surface area (Å²) in [6.45, 7) is -1.21. The summed E-state index contributed by atoms with van der Waals surface area (Å²) in [4.78, 5) is 17.0. The number of nitrogens with zero attached hydrogens (tertiary/aromatic N) is 3. The Kier molecular flexibility index (Phi) is 3.74. The van der Waals surface area contributed by atoms with Gasteiger partial charge in [-0.05, 0) is 25.8 Å².